The van der Waals surface area contributed by atoms with E-state index >= 15 is 0 Å². The van der Waals surface area contributed by atoms with Crippen LogP contribution in [0.1, 0.15) is 43.6 Å². The van der Waals surface area contributed by atoms with Gasteiger partial charge in [-0.05, 0) is 24.8 Å². The molecule has 1 unspecified atom stereocenters. The monoisotopic (exact) mass is 273 g/mol. The Morgan fingerprint density at radius 1 is 1.59 bits per heavy atom. The Labute approximate surface area is 112 Å². The van der Waals surface area contributed by atoms with Crippen LogP contribution >= 0.6 is 22.9 Å². The van der Waals surface area contributed by atoms with Crippen LogP contribution in [0.4, 0.5) is 0 Å². The molecule has 2 rings (SSSR count). The van der Waals surface area contributed by atoms with Gasteiger partial charge >= 0.3 is 0 Å². The molecule has 1 aliphatic carbocycles. The van der Waals surface area contributed by atoms with Gasteiger partial charge in [-0.15, -0.1) is 11.3 Å². The lowest BCUT2D eigenvalue weighted by Gasteiger charge is -2.41. The summed E-state index contributed by atoms with van der Waals surface area (Å²) in [6.07, 6.45) is 3.89. The molecule has 1 fully saturated rings. The minimum absolute atomic E-state index is 0.138. The first-order chi connectivity index (χ1) is 8.07. The largest absolute Gasteiger partial charge is 0.387 e. The molecule has 96 valence electrons. The molecule has 1 aromatic heterocycles. The van der Waals surface area contributed by atoms with Crippen molar-refractivity contribution < 1.29 is 5.11 Å². The Morgan fingerprint density at radius 2 is 2.24 bits per heavy atom. The topological polar surface area (TPSA) is 46.2 Å². The summed E-state index contributed by atoms with van der Waals surface area (Å²) in [6.45, 7) is 2.82. The summed E-state index contributed by atoms with van der Waals surface area (Å²) in [4.78, 5) is 0.954. The van der Waals surface area contributed by atoms with Crippen LogP contribution in [0.2, 0.25) is 5.02 Å². The van der Waals surface area contributed by atoms with Crippen molar-refractivity contribution in [3.05, 3.63) is 21.3 Å². The molecule has 3 N–H and O–H groups in total. The van der Waals surface area contributed by atoms with E-state index < -0.39 is 6.10 Å². The van der Waals surface area contributed by atoms with E-state index in [0.717, 1.165) is 36.5 Å². The summed E-state index contributed by atoms with van der Waals surface area (Å²) in [7, 11) is 0. The number of nitrogens with two attached hydrogens (primary N) is 1. The first-order valence-electron chi connectivity index (χ1n) is 6.19. The maximum Gasteiger partial charge on any atom is 0.0950 e. The van der Waals surface area contributed by atoms with E-state index in [2.05, 4.69) is 6.92 Å². The van der Waals surface area contributed by atoms with Gasteiger partial charge in [-0.3, -0.25) is 0 Å². The first-order valence-corrected chi connectivity index (χ1v) is 7.45. The third kappa shape index (κ3) is 2.68. The first kappa shape index (κ1) is 13.3. The summed E-state index contributed by atoms with van der Waals surface area (Å²) >= 11 is 7.45. The van der Waals surface area contributed by atoms with E-state index in [9.17, 15) is 5.11 Å². The third-order valence-corrected chi connectivity index (χ3v) is 5.45. The average Bonchev–Trinajstić information content (AvgIpc) is 2.76. The molecule has 0 aliphatic heterocycles. The second-order valence-corrected chi connectivity index (χ2v) is 6.70. The minimum atomic E-state index is -0.461. The van der Waals surface area contributed by atoms with E-state index in [1.807, 2.05) is 11.4 Å². The summed E-state index contributed by atoms with van der Waals surface area (Å²) in [6, 6.07) is 1.87. The van der Waals surface area contributed by atoms with Crippen LogP contribution in [0, 0.1) is 11.3 Å². The summed E-state index contributed by atoms with van der Waals surface area (Å²) in [5, 5.41) is 13.1. The van der Waals surface area contributed by atoms with E-state index in [1.54, 1.807) is 0 Å². The highest BCUT2D eigenvalue weighted by atomic mass is 35.5. The van der Waals surface area contributed by atoms with E-state index in [4.69, 9.17) is 17.3 Å². The van der Waals surface area contributed by atoms with Crippen LogP contribution in [-0.4, -0.2) is 11.7 Å². The van der Waals surface area contributed by atoms with Crippen LogP contribution in [0.3, 0.4) is 0 Å². The molecular formula is C13H20ClNOS. The van der Waals surface area contributed by atoms with Gasteiger partial charge in [0, 0.05) is 22.2 Å². The third-order valence-electron chi connectivity index (χ3n) is 4.11. The molecular weight excluding hydrogens is 254 g/mol. The van der Waals surface area contributed by atoms with E-state index in [-0.39, 0.29) is 5.41 Å². The van der Waals surface area contributed by atoms with Gasteiger partial charge in [0.25, 0.3) is 0 Å². The van der Waals surface area contributed by atoms with Gasteiger partial charge in [-0.1, -0.05) is 31.4 Å². The second-order valence-electron chi connectivity index (χ2n) is 5.32. The van der Waals surface area contributed by atoms with Gasteiger partial charge in [-0.25, -0.2) is 0 Å². The average molecular weight is 274 g/mol. The molecule has 0 aromatic carbocycles. The highest BCUT2D eigenvalue weighted by Gasteiger charge is 2.40. The van der Waals surface area contributed by atoms with Crippen LogP contribution in [0.5, 0.6) is 0 Å². The van der Waals surface area contributed by atoms with Gasteiger partial charge in [0.1, 0.15) is 0 Å². The van der Waals surface area contributed by atoms with Crippen molar-refractivity contribution in [2.75, 3.05) is 6.54 Å². The number of rotatable bonds is 3. The number of aliphatic hydroxyl groups is 1. The maximum absolute atomic E-state index is 10.6. The van der Waals surface area contributed by atoms with Gasteiger partial charge in [-0.2, -0.15) is 0 Å². The summed E-state index contributed by atoms with van der Waals surface area (Å²) in [5.41, 5.74) is 5.80. The fourth-order valence-electron chi connectivity index (χ4n) is 2.70. The van der Waals surface area contributed by atoms with Crippen LogP contribution < -0.4 is 5.73 Å². The van der Waals surface area contributed by atoms with Crippen molar-refractivity contribution in [3.8, 4) is 0 Å². The molecule has 1 aromatic rings. The Hall–Kier alpha value is -0.0900. The van der Waals surface area contributed by atoms with Crippen molar-refractivity contribution in [2.45, 2.75) is 38.7 Å². The maximum atomic E-state index is 10.6. The number of aliphatic hydroxyl groups excluding tert-OH is 1. The van der Waals surface area contributed by atoms with Gasteiger partial charge < -0.3 is 10.8 Å². The molecule has 1 saturated carbocycles. The Bertz CT molecular complexity index is 371. The second kappa shape index (κ2) is 5.27. The van der Waals surface area contributed by atoms with Gasteiger partial charge in [0.15, 0.2) is 0 Å². The molecule has 0 amide bonds. The van der Waals surface area contributed by atoms with Crippen molar-refractivity contribution in [2.24, 2.45) is 17.1 Å². The summed E-state index contributed by atoms with van der Waals surface area (Å²) in [5.74, 6) is 0.758. The predicted octanol–water partition coefficient (Wildman–Crippen LogP) is 3.59. The molecule has 0 spiro atoms. The normalized spacial score (nSPS) is 31.4. The number of hydrogen-bond acceptors (Lipinski definition) is 3. The van der Waals surface area contributed by atoms with E-state index in [0.29, 0.717) is 11.6 Å². The SMILES string of the molecule is CC1CCC(CN)(C(O)c2cc(Cl)cs2)CC1. The molecule has 17 heavy (non-hydrogen) atoms. The molecule has 0 bridgehead atoms. The fraction of sp³-hybridized carbons (Fsp3) is 0.692. The van der Waals surface area contributed by atoms with Crippen molar-refractivity contribution >= 4 is 22.9 Å². The standard InChI is InChI=1S/C13H20ClNOS/c1-9-2-4-13(8-15,5-3-9)12(16)11-6-10(14)7-17-11/h6-7,9,12,16H,2-5,8,15H2,1H3. The predicted molar refractivity (Wildman–Crippen MR) is 73.4 cm³/mol. The van der Waals surface area contributed by atoms with Crippen molar-refractivity contribution in [3.63, 3.8) is 0 Å². The van der Waals surface area contributed by atoms with Crippen molar-refractivity contribution in [1.29, 1.82) is 0 Å². The highest BCUT2D eigenvalue weighted by Crippen LogP contribution is 2.48. The fourth-order valence-corrected chi connectivity index (χ4v) is 3.91. The Kier molecular flexibility index (Phi) is 4.14. The molecule has 1 aliphatic rings. The lowest BCUT2D eigenvalue weighted by molar-refractivity contribution is -0.00590. The van der Waals surface area contributed by atoms with Gasteiger partial charge in [0.2, 0.25) is 0 Å². The van der Waals surface area contributed by atoms with Gasteiger partial charge in [0.05, 0.1) is 11.1 Å². The smallest absolute Gasteiger partial charge is 0.0950 e. The van der Waals surface area contributed by atoms with Crippen LogP contribution in [-0.2, 0) is 0 Å². The molecule has 0 radical (unpaired) electrons. The highest BCUT2D eigenvalue weighted by molar-refractivity contribution is 7.10. The quantitative estimate of drug-likeness (QED) is 0.884. The van der Waals surface area contributed by atoms with Crippen molar-refractivity contribution in [1.82, 2.24) is 0 Å². The molecule has 1 heterocycles. The molecule has 4 heteroatoms. The zero-order valence-corrected chi connectivity index (χ0v) is 11.7. The zero-order chi connectivity index (χ0) is 12.5. The zero-order valence-electron chi connectivity index (χ0n) is 10.2. The molecule has 0 saturated heterocycles. The number of halogens is 1. The molecule has 2 nitrogen and oxygen atoms in total. The van der Waals surface area contributed by atoms with E-state index in [1.165, 1.54) is 11.3 Å². The van der Waals surface area contributed by atoms with Crippen LogP contribution in [0.25, 0.3) is 0 Å². The molecule has 1 atom stereocenters. The lowest BCUT2D eigenvalue weighted by Crippen LogP contribution is -2.39. The number of hydrogen-bond donors (Lipinski definition) is 2. The van der Waals surface area contributed by atoms with Crippen LogP contribution in [0.15, 0.2) is 11.4 Å². The Balaban J connectivity index is 2.17. The minimum Gasteiger partial charge on any atom is -0.387 e. The lowest BCUT2D eigenvalue weighted by atomic mass is 9.67. The Morgan fingerprint density at radius 3 is 2.71 bits per heavy atom. The summed E-state index contributed by atoms with van der Waals surface area (Å²) < 4.78 is 0. The number of thiophene rings is 1.